The number of hydrogen-bond donors (Lipinski definition) is 3. The second kappa shape index (κ2) is 9.78. The lowest BCUT2D eigenvalue weighted by Crippen LogP contribution is -2.14. The van der Waals surface area contributed by atoms with Crippen LogP contribution in [-0.4, -0.2) is 11.8 Å². The Morgan fingerprint density at radius 1 is 0.966 bits per heavy atom. The van der Waals surface area contributed by atoms with E-state index in [-0.39, 0.29) is 27.5 Å². The molecule has 0 aliphatic heterocycles. The number of amides is 2. The zero-order valence-electron chi connectivity index (χ0n) is 15.4. The van der Waals surface area contributed by atoms with Crippen LogP contribution in [-0.2, 0) is 11.2 Å². The van der Waals surface area contributed by atoms with Gasteiger partial charge in [-0.05, 0) is 54.6 Å². The van der Waals surface area contributed by atoms with E-state index in [0.717, 1.165) is 12.8 Å². The molecule has 0 saturated carbocycles. The van der Waals surface area contributed by atoms with Gasteiger partial charge >= 0.3 is 0 Å². The standard InChI is InChI=1S/C21H19Cl2N3O2S/c22-17-11-15(12-18(23)20(17)24)26-21(28)13-4-1-5-14(10-13)25-19(27)8-2-6-16-7-3-9-29-16/h1,3-5,7,9-12H,2,6,8,24H2,(H,25,27)(H,26,28). The van der Waals surface area contributed by atoms with Crippen LogP contribution in [0.1, 0.15) is 28.1 Å². The first-order valence-electron chi connectivity index (χ1n) is 8.90. The number of nitrogen functional groups attached to an aromatic ring is 1. The monoisotopic (exact) mass is 447 g/mol. The first kappa shape index (κ1) is 21.2. The number of benzene rings is 2. The van der Waals surface area contributed by atoms with E-state index in [0.29, 0.717) is 23.4 Å². The highest BCUT2D eigenvalue weighted by atomic mass is 35.5. The van der Waals surface area contributed by atoms with E-state index in [1.807, 2.05) is 11.4 Å². The van der Waals surface area contributed by atoms with E-state index in [1.54, 1.807) is 35.6 Å². The molecule has 1 heterocycles. The van der Waals surface area contributed by atoms with Crippen molar-refractivity contribution in [2.75, 3.05) is 16.4 Å². The van der Waals surface area contributed by atoms with Gasteiger partial charge in [0, 0.05) is 28.2 Å². The molecule has 5 nitrogen and oxygen atoms in total. The van der Waals surface area contributed by atoms with E-state index in [1.165, 1.54) is 17.0 Å². The van der Waals surface area contributed by atoms with Crippen LogP contribution in [0.4, 0.5) is 17.1 Å². The van der Waals surface area contributed by atoms with Crippen molar-refractivity contribution in [3.8, 4) is 0 Å². The molecule has 3 rings (SSSR count). The Bertz CT molecular complexity index is 1000. The topological polar surface area (TPSA) is 84.2 Å². The molecule has 0 spiro atoms. The zero-order chi connectivity index (χ0) is 20.8. The number of anilines is 3. The highest BCUT2D eigenvalue weighted by Crippen LogP contribution is 2.31. The molecule has 8 heteroatoms. The lowest BCUT2D eigenvalue weighted by Gasteiger charge is -2.10. The quantitative estimate of drug-likeness (QED) is 0.397. The summed E-state index contributed by atoms with van der Waals surface area (Å²) < 4.78 is 0. The number of aryl methyl sites for hydroxylation is 1. The van der Waals surface area contributed by atoms with Gasteiger partial charge in [0.25, 0.3) is 5.91 Å². The average molecular weight is 448 g/mol. The van der Waals surface area contributed by atoms with Gasteiger partial charge in [0.05, 0.1) is 15.7 Å². The van der Waals surface area contributed by atoms with Crippen molar-refractivity contribution in [3.05, 3.63) is 74.4 Å². The maximum atomic E-state index is 12.5. The summed E-state index contributed by atoms with van der Waals surface area (Å²) in [4.78, 5) is 26.0. The van der Waals surface area contributed by atoms with Gasteiger partial charge in [-0.3, -0.25) is 9.59 Å². The summed E-state index contributed by atoms with van der Waals surface area (Å²) in [6.07, 6.45) is 2.06. The lowest BCUT2D eigenvalue weighted by molar-refractivity contribution is -0.116. The van der Waals surface area contributed by atoms with E-state index in [4.69, 9.17) is 28.9 Å². The molecule has 0 aliphatic rings. The number of carbonyl (C=O) groups excluding carboxylic acids is 2. The Balaban J connectivity index is 1.58. The van der Waals surface area contributed by atoms with Crippen LogP contribution in [0.25, 0.3) is 0 Å². The van der Waals surface area contributed by atoms with E-state index < -0.39 is 0 Å². The molecule has 2 amide bonds. The second-order valence-electron chi connectivity index (χ2n) is 6.37. The predicted octanol–water partition coefficient (Wildman–Crippen LogP) is 5.85. The van der Waals surface area contributed by atoms with Crippen LogP contribution in [0.15, 0.2) is 53.9 Å². The summed E-state index contributed by atoms with van der Waals surface area (Å²) in [5.41, 5.74) is 7.35. The van der Waals surface area contributed by atoms with Crippen molar-refractivity contribution >= 4 is 63.4 Å². The molecule has 0 fully saturated rings. The Hall–Kier alpha value is -2.54. The third kappa shape index (κ3) is 5.97. The number of hydrogen-bond acceptors (Lipinski definition) is 4. The third-order valence-electron chi connectivity index (χ3n) is 4.15. The van der Waals surface area contributed by atoms with E-state index in [2.05, 4.69) is 16.7 Å². The van der Waals surface area contributed by atoms with Crippen LogP contribution >= 0.6 is 34.5 Å². The second-order valence-corrected chi connectivity index (χ2v) is 8.22. The fourth-order valence-corrected chi connectivity index (χ4v) is 3.94. The van der Waals surface area contributed by atoms with Gasteiger partial charge in [0.2, 0.25) is 5.91 Å². The summed E-state index contributed by atoms with van der Waals surface area (Å²) in [5, 5.41) is 8.10. The minimum Gasteiger partial charge on any atom is -0.396 e. The number of nitrogens with two attached hydrogens (primary N) is 1. The highest BCUT2D eigenvalue weighted by Gasteiger charge is 2.11. The van der Waals surface area contributed by atoms with Gasteiger partial charge in [-0.2, -0.15) is 0 Å². The summed E-state index contributed by atoms with van der Waals surface area (Å²) in [6, 6.07) is 13.8. The van der Waals surface area contributed by atoms with Crippen LogP contribution in [0.2, 0.25) is 10.0 Å². The molecule has 1 aromatic heterocycles. The molecule has 0 unspecified atom stereocenters. The molecule has 0 bridgehead atoms. The smallest absolute Gasteiger partial charge is 0.255 e. The predicted molar refractivity (Wildman–Crippen MR) is 121 cm³/mol. The molecule has 2 aromatic carbocycles. The molecule has 0 radical (unpaired) electrons. The number of carbonyl (C=O) groups is 2. The van der Waals surface area contributed by atoms with Gasteiger partial charge in [-0.25, -0.2) is 0 Å². The van der Waals surface area contributed by atoms with Gasteiger partial charge in [-0.1, -0.05) is 35.3 Å². The summed E-state index contributed by atoms with van der Waals surface area (Å²) in [7, 11) is 0. The fraction of sp³-hybridized carbons (Fsp3) is 0.143. The first-order valence-corrected chi connectivity index (χ1v) is 10.5. The Morgan fingerprint density at radius 3 is 2.41 bits per heavy atom. The Kier molecular flexibility index (Phi) is 7.14. The van der Waals surface area contributed by atoms with Crippen molar-refractivity contribution < 1.29 is 9.59 Å². The molecule has 150 valence electrons. The molecule has 0 saturated heterocycles. The maximum Gasteiger partial charge on any atom is 0.255 e. The van der Waals surface area contributed by atoms with E-state index >= 15 is 0 Å². The summed E-state index contributed by atoms with van der Waals surface area (Å²) >= 11 is 13.7. The average Bonchev–Trinajstić information content (AvgIpc) is 3.19. The van der Waals surface area contributed by atoms with Crippen LogP contribution in [0, 0.1) is 0 Å². The molecule has 3 aromatic rings. The number of nitrogens with one attached hydrogen (secondary N) is 2. The summed E-state index contributed by atoms with van der Waals surface area (Å²) in [5.74, 6) is -0.438. The van der Waals surface area contributed by atoms with Crippen LogP contribution in [0.5, 0.6) is 0 Å². The molecule has 29 heavy (non-hydrogen) atoms. The fourth-order valence-electron chi connectivity index (χ4n) is 2.70. The number of thiophene rings is 1. The number of rotatable bonds is 7. The Morgan fingerprint density at radius 2 is 1.72 bits per heavy atom. The van der Waals surface area contributed by atoms with E-state index in [9.17, 15) is 9.59 Å². The number of halogens is 2. The maximum absolute atomic E-state index is 12.5. The van der Waals surface area contributed by atoms with Crippen molar-refractivity contribution in [2.45, 2.75) is 19.3 Å². The minimum absolute atomic E-state index is 0.0868. The van der Waals surface area contributed by atoms with Crippen LogP contribution < -0.4 is 16.4 Å². The molecule has 0 aliphatic carbocycles. The largest absolute Gasteiger partial charge is 0.396 e. The molecule has 0 atom stereocenters. The van der Waals surface area contributed by atoms with Gasteiger partial charge in [0.15, 0.2) is 0 Å². The zero-order valence-corrected chi connectivity index (χ0v) is 17.7. The van der Waals surface area contributed by atoms with Gasteiger partial charge < -0.3 is 16.4 Å². The summed E-state index contributed by atoms with van der Waals surface area (Å²) in [6.45, 7) is 0. The normalized spacial score (nSPS) is 10.6. The molecular weight excluding hydrogens is 429 g/mol. The van der Waals surface area contributed by atoms with Gasteiger partial charge in [-0.15, -0.1) is 11.3 Å². The van der Waals surface area contributed by atoms with Gasteiger partial charge in [0.1, 0.15) is 0 Å². The minimum atomic E-state index is -0.351. The SMILES string of the molecule is Nc1c(Cl)cc(NC(=O)c2cccc(NC(=O)CCCc3cccs3)c2)cc1Cl. The Labute approximate surface area is 182 Å². The third-order valence-corrected chi connectivity index (χ3v) is 5.71. The molecular formula is C21H19Cl2N3O2S. The van der Waals surface area contributed by atoms with Crippen molar-refractivity contribution in [3.63, 3.8) is 0 Å². The van der Waals surface area contributed by atoms with Crippen LogP contribution in [0.3, 0.4) is 0 Å². The highest BCUT2D eigenvalue weighted by molar-refractivity contribution is 7.09. The lowest BCUT2D eigenvalue weighted by atomic mass is 10.1. The van der Waals surface area contributed by atoms with Crippen molar-refractivity contribution in [1.82, 2.24) is 0 Å². The van der Waals surface area contributed by atoms with Crippen molar-refractivity contribution in [1.29, 1.82) is 0 Å². The first-order chi connectivity index (χ1) is 13.9. The van der Waals surface area contributed by atoms with Crippen molar-refractivity contribution in [2.24, 2.45) is 0 Å². The molecule has 4 N–H and O–H groups in total.